The maximum absolute atomic E-state index is 12.9. The second-order valence-electron chi connectivity index (χ2n) is 7.05. The number of nitrogens with zero attached hydrogens (tertiary/aromatic N) is 5. The van der Waals surface area contributed by atoms with Gasteiger partial charge in [0.1, 0.15) is 17.3 Å². The number of hydrogen-bond donors (Lipinski definition) is 1. The minimum absolute atomic E-state index is 0.0280. The van der Waals surface area contributed by atoms with E-state index in [1.54, 1.807) is 36.9 Å². The average Bonchev–Trinajstić information content (AvgIpc) is 3.14. The Morgan fingerprint density at radius 2 is 2.03 bits per heavy atom. The number of carbonyl (C=O) groups is 1. The summed E-state index contributed by atoms with van der Waals surface area (Å²) < 4.78 is 12.3. The first-order chi connectivity index (χ1) is 14.1. The van der Waals surface area contributed by atoms with Crippen molar-refractivity contribution in [2.75, 3.05) is 37.5 Å². The quantitative estimate of drug-likeness (QED) is 0.707. The van der Waals surface area contributed by atoms with Crippen molar-refractivity contribution < 1.29 is 14.3 Å². The van der Waals surface area contributed by atoms with E-state index in [0.717, 1.165) is 31.0 Å². The molecular weight excluding hydrogens is 372 g/mol. The lowest BCUT2D eigenvalue weighted by atomic mass is 9.97. The van der Waals surface area contributed by atoms with Crippen LogP contribution in [0.15, 0.2) is 30.3 Å². The molecule has 1 atom stereocenters. The molecule has 1 aliphatic heterocycles. The molecule has 0 spiro atoms. The van der Waals surface area contributed by atoms with E-state index in [9.17, 15) is 4.79 Å². The number of rotatable bonds is 5. The predicted octanol–water partition coefficient (Wildman–Crippen LogP) is 2.31. The van der Waals surface area contributed by atoms with Crippen LogP contribution < -0.4 is 19.7 Å². The van der Waals surface area contributed by atoms with Gasteiger partial charge in [-0.25, -0.2) is 0 Å². The van der Waals surface area contributed by atoms with Gasteiger partial charge in [0.25, 0.3) is 0 Å². The van der Waals surface area contributed by atoms with Crippen LogP contribution in [-0.4, -0.2) is 53.0 Å². The maximum atomic E-state index is 12.9. The summed E-state index contributed by atoms with van der Waals surface area (Å²) in [6, 6.07) is 9.17. The number of piperidine rings is 1. The highest BCUT2D eigenvalue weighted by Gasteiger charge is 2.27. The number of aromatic nitrogens is 4. The Labute approximate surface area is 168 Å². The van der Waals surface area contributed by atoms with Crippen molar-refractivity contribution in [1.82, 2.24) is 19.8 Å². The molecule has 1 fully saturated rings. The molecule has 4 rings (SSSR count). The van der Waals surface area contributed by atoms with Crippen molar-refractivity contribution in [2.45, 2.75) is 19.8 Å². The first-order valence-corrected chi connectivity index (χ1v) is 9.56. The molecule has 2 aromatic heterocycles. The standard InChI is InChI=1S/C20H24N6O3/c1-13-22-23-18-8-9-19(24-26(13)18)25-10-4-5-14(12-25)20(27)21-16-7-6-15(28-2)11-17(16)29-3/h6-9,11,14H,4-5,10,12H2,1-3H3,(H,21,27)/t14-/m1/s1. The van der Waals surface area contributed by atoms with Crippen LogP contribution in [0.2, 0.25) is 0 Å². The molecule has 1 aromatic carbocycles. The summed E-state index contributed by atoms with van der Waals surface area (Å²) in [5.41, 5.74) is 1.35. The molecule has 1 amide bonds. The molecule has 0 unspecified atom stereocenters. The number of methoxy groups -OCH3 is 2. The first-order valence-electron chi connectivity index (χ1n) is 9.56. The van der Waals surface area contributed by atoms with Gasteiger partial charge in [-0.1, -0.05) is 0 Å². The number of nitrogens with one attached hydrogen (secondary N) is 1. The summed E-state index contributed by atoms with van der Waals surface area (Å²) >= 11 is 0. The molecule has 1 aliphatic rings. The Hall–Kier alpha value is -3.36. The molecule has 152 valence electrons. The van der Waals surface area contributed by atoms with Crippen molar-refractivity contribution in [3.63, 3.8) is 0 Å². The highest BCUT2D eigenvalue weighted by Crippen LogP contribution is 2.30. The van der Waals surface area contributed by atoms with Gasteiger partial charge < -0.3 is 19.7 Å². The van der Waals surface area contributed by atoms with Crippen LogP contribution in [0.1, 0.15) is 18.7 Å². The molecule has 1 saturated heterocycles. The number of anilines is 2. The zero-order valence-electron chi connectivity index (χ0n) is 16.8. The summed E-state index contributed by atoms with van der Waals surface area (Å²) in [6.07, 6.45) is 1.74. The minimum Gasteiger partial charge on any atom is -0.497 e. The smallest absolute Gasteiger partial charge is 0.229 e. The second kappa shape index (κ2) is 7.94. The van der Waals surface area contributed by atoms with Gasteiger partial charge >= 0.3 is 0 Å². The van der Waals surface area contributed by atoms with Gasteiger partial charge in [-0.15, -0.1) is 15.3 Å². The van der Waals surface area contributed by atoms with E-state index in [1.807, 2.05) is 19.1 Å². The number of aryl methyl sites for hydroxylation is 1. The number of amides is 1. The fourth-order valence-corrected chi connectivity index (χ4v) is 3.59. The monoisotopic (exact) mass is 396 g/mol. The van der Waals surface area contributed by atoms with Crippen LogP contribution >= 0.6 is 0 Å². The zero-order valence-corrected chi connectivity index (χ0v) is 16.8. The van der Waals surface area contributed by atoms with E-state index in [-0.39, 0.29) is 11.8 Å². The summed E-state index contributed by atoms with van der Waals surface area (Å²) in [7, 11) is 3.16. The van der Waals surface area contributed by atoms with E-state index in [1.165, 1.54) is 0 Å². The predicted molar refractivity (Wildman–Crippen MR) is 109 cm³/mol. The Morgan fingerprint density at radius 3 is 2.83 bits per heavy atom. The van der Waals surface area contributed by atoms with E-state index >= 15 is 0 Å². The molecule has 29 heavy (non-hydrogen) atoms. The molecule has 0 aliphatic carbocycles. The van der Waals surface area contributed by atoms with Gasteiger partial charge in [0.05, 0.1) is 25.8 Å². The van der Waals surface area contributed by atoms with Gasteiger partial charge in [-0.05, 0) is 44.0 Å². The highest BCUT2D eigenvalue weighted by molar-refractivity contribution is 5.94. The first kappa shape index (κ1) is 19.0. The van der Waals surface area contributed by atoms with Gasteiger partial charge in [0.15, 0.2) is 11.5 Å². The summed E-state index contributed by atoms with van der Waals surface area (Å²) in [5, 5.41) is 15.7. The van der Waals surface area contributed by atoms with Gasteiger partial charge in [-0.3, -0.25) is 4.79 Å². The minimum atomic E-state index is -0.143. The third-order valence-corrected chi connectivity index (χ3v) is 5.19. The summed E-state index contributed by atoms with van der Waals surface area (Å²) in [4.78, 5) is 15.1. The number of fused-ring (bicyclic) bond motifs is 1. The average molecular weight is 396 g/mol. The van der Waals surface area contributed by atoms with Crippen molar-refractivity contribution in [3.05, 3.63) is 36.2 Å². The molecule has 0 bridgehead atoms. The lowest BCUT2D eigenvalue weighted by molar-refractivity contribution is -0.120. The molecule has 3 heterocycles. The van der Waals surface area contributed by atoms with E-state index in [0.29, 0.717) is 29.4 Å². The van der Waals surface area contributed by atoms with Crippen molar-refractivity contribution in [1.29, 1.82) is 0 Å². The van der Waals surface area contributed by atoms with Crippen LogP contribution in [0.3, 0.4) is 0 Å². The Kier molecular flexibility index (Phi) is 5.20. The second-order valence-corrected chi connectivity index (χ2v) is 7.05. The molecule has 3 aromatic rings. The zero-order chi connectivity index (χ0) is 20.4. The number of ether oxygens (including phenoxy) is 2. The van der Waals surface area contributed by atoms with Crippen LogP contribution in [0.5, 0.6) is 11.5 Å². The fourth-order valence-electron chi connectivity index (χ4n) is 3.59. The lowest BCUT2D eigenvalue weighted by Gasteiger charge is -2.32. The van der Waals surface area contributed by atoms with Gasteiger partial charge in [0, 0.05) is 19.2 Å². The van der Waals surface area contributed by atoms with Gasteiger partial charge in [-0.2, -0.15) is 4.52 Å². The number of hydrogen-bond acceptors (Lipinski definition) is 7. The van der Waals surface area contributed by atoms with E-state index in [4.69, 9.17) is 9.47 Å². The van der Waals surface area contributed by atoms with Gasteiger partial charge in [0.2, 0.25) is 5.91 Å². The SMILES string of the molecule is COc1ccc(NC(=O)[C@@H]2CCCN(c3ccc4nnc(C)n4n3)C2)c(OC)c1. The maximum Gasteiger partial charge on any atom is 0.229 e. The molecule has 0 saturated carbocycles. The molecule has 9 nitrogen and oxygen atoms in total. The van der Waals surface area contributed by atoms with Crippen LogP contribution in [0.25, 0.3) is 5.65 Å². The third-order valence-electron chi connectivity index (χ3n) is 5.19. The molecule has 0 radical (unpaired) electrons. The largest absolute Gasteiger partial charge is 0.497 e. The fraction of sp³-hybridized carbons (Fsp3) is 0.400. The number of benzene rings is 1. The number of carbonyl (C=O) groups excluding carboxylic acids is 1. The molecular formula is C20H24N6O3. The van der Waals surface area contributed by atoms with E-state index < -0.39 is 0 Å². The van der Waals surface area contributed by atoms with Crippen LogP contribution in [-0.2, 0) is 4.79 Å². The van der Waals surface area contributed by atoms with Crippen molar-refractivity contribution in [2.24, 2.45) is 5.92 Å². The summed E-state index contributed by atoms with van der Waals surface area (Å²) in [5.74, 6) is 2.63. The van der Waals surface area contributed by atoms with E-state index in [2.05, 4.69) is 25.5 Å². The highest BCUT2D eigenvalue weighted by atomic mass is 16.5. The Balaban J connectivity index is 1.49. The summed E-state index contributed by atoms with van der Waals surface area (Å²) in [6.45, 7) is 3.32. The van der Waals surface area contributed by atoms with Crippen LogP contribution in [0, 0.1) is 12.8 Å². The molecule has 9 heteroatoms. The normalized spacial score (nSPS) is 16.7. The topological polar surface area (TPSA) is 93.9 Å². The third kappa shape index (κ3) is 3.80. The lowest BCUT2D eigenvalue weighted by Crippen LogP contribution is -2.41. The Bertz CT molecular complexity index is 1030. The van der Waals surface area contributed by atoms with Crippen molar-refractivity contribution >= 4 is 23.1 Å². The Morgan fingerprint density at radius 1 is 1.17 bits per heavy atom. The van der Waals surface area contributed by atoms with Crippen molar-refractivity contribution in [3.8, 4) is 11.5 Å². The molecule has 1 N–H and O–H groups in total. The van der Waals surface area contributed by atoms with Crippen LogP contribution in [0.4, 0.5) is 11.5 Å².